The Morgan fingerprint density at radius 2 is 2.00 bits per heavy atom. The number of piperidine rings is 1. The Morgan fingerprint density at radius 3 is 2.69 bits per heavy atom. The van der Waals surface area contributed by atoms with Gasteiger partial charge in [0.1, 0.15) is 0 Å². The minimum atomic E-state index is -0.0653. The molecular formula is C22H31N5O2. The largest absolute Gasteiger partial charge is 0.466 e. The van der Waals surface area contributed by atoms with Crippen molar-refractivity contribution in [1.82, 2.24) is 20.0 Å². The monoisotopic (exact) mass is 397 g/mol. The van der Waals surface area contributed by atoms with Gasteiger partial charge >= 0.3 is 5.97 Å². The van der Waals surface area contributed by atoms with E-state index in [1.807, 2.05) is 48.1 Å². The maximum Gasteiger partial charge on any atom is 0.309 e. The van der Waals surface area contributed by atoms with E-state index in [0.29, 0.717) is 13.2 Å². The summed E-state index contributed by atoms with van der Waals surface area (Å²) < 4.78 is 7.05. The summed E-state index contributed by atoms with van der Waals surface area (Å²) in [6.45, 7) is 7.53. The van der Waals surface area contributed by atoms with Crippen LogP contribution in [0.15, 0.2) is 47.7 Å². The molecule has 7 nitrogen and oxygen atoms in total. The van der Waals surface area contributed by atoms with Crippen molar-refractivity contribution in [3.05, 3.63) is 48.3 Å². The van der Waals surface area contributed by atoms with Gasteiger partial charge in [0.05, 0.1) is 24.4 Å². The molecule has 1 saturated heterocycles. The second-order valence-corrected chi connectivity index (χ2v) is 7.13. The van der Waals surface area contributed by atoms with E-state index >= 15 is 0 Å². The Hall–Kier alpha value is -2.83. The van der Waals surface area contributed by atoms with E-state index in [1.165, 1.54) is 0 Å². The van der Waals surface area contributed by atoms with Crippen LogP contribution >= 0.6 is 0 Å². The lowest BCUT2D eigenvalue weighted by molar-refractivity contribution is -0.149. The van der Waals surface area contributed by atoms with Crippen molar-refractivity contribution >= 4 is 11.9 Å². The molecule has 1 N–H and O–H groups in total. The number of carbonyl (C=O) groups excluding carboxylic acids is 1. The van der Waals surface area contributed by atoms with Crippen LogP contribution in [0, 0.1) is 5.92 Å². The van der Waals surface area contributed by atoms with Gasteiger partial charge in [0.15, 0.2) is 5.96 Å². The molecule has 0 saturated carbocycles. The average molecular weight is 398 g/mol. The summed E-state index contributed by atoms with van der Waals surface area (Å²) in [5, 5.41) is 7.83. The minimum Gasteiger partial charge on any atom is -0.466 e. The highest BCUT2D eigenvalue weighted by atomic mass is 16.5. The number of para-hydroxylation sites is 1. The van der Waals surface area contributed by atoms with E-state index in [4.69, 9.17) is 9.73 Å². The molecule has 0 unspecified atom stereocenters. The predicted molar refractivity (Wildman–Crippen MR) is 114 cm³/mol. The average Bonchev–Trinajstić information content (AvgIpc) is 3.23. The summed E-state index contributed by atoms with van der Waals surface area (Å²) >= 11 is 0. The molecular weight excluding hydrogens is 366 g/mol. The van der Waals surface area contributed by atoms with E-state index in [1.54, 1.807) is 0 Å². The van der Waals surface area contributed by atoms with Gasteiger partial charge in [0, 0.05) is 32.4 Å². The number of esters is 1. The van der Waals surface area contributed by atoms with Crippen molar-refractivity contribution in [1.29, 1.82) is 0 Å². The highest BCUT2D eigenvalue weighted by Crippen LogP contribution is 2.19. The molecule has 1 aliphatic heterocycles. The van der Waals surface area contributed by atoms with Gasteiger partial charge in [0.2, 0.25) is 0 Å². The molecule has 0 amide bonds. The molecule has 7 heteroatoms. The van der Waals surface area contributed by atoms with Crippen LogP contribution in [0.1, 0.15) is 32.3 Å². The second kappa shape index (κ2) is 10.6. The van der Waals surface area contributed by atoms with Gasteiger partial charge < -0.3 is 15.0 Å². The number of hydrogen-bond acceptors (Lipinski definition) is 4. The van der Waals surface area contributed by atoms with E-state index in [9.17, 15) is 4.79 Å². The summed E-state index contributed by atoms with van der Waals surface area (Å²) in [5.41, 5.74) is 2.22. The van der Waals surface area contributed by atoms with Crippen molar-refractivity contribution in [3.63, 3.8) is 0 Å². The van der Waals surface area contributed by atoms with Crippen molar-refractivity contribution in [2.75, 3.05) is 32.8 Å². The number of hydrogen-bond donors (Lipinski definition) is 1. The number of rotatable bonds is 7. The molecule has 0 bridgehead atoms. The van der Waals surface area contributed by atoms with Crippen LogP contribution in [-0.2, 0) is 16.0 Å². The molecule has 1 aromatic heterocycles. The van der Waals surface area contributed by atoms with Crippen LogP contribution < -0.4 is 5.32 Å². The van der Waals surface area contributed by atoms with E-state index in [-0.39, 0.29) is 11.9 Å². The lowest BCUT2D eigenvalue weighted by Gasteiger charge is -2.33. The molecule has 2 heterocycles. The molecule has 2 aromatic rings. The third-order valence-electron chi connectivity index (χ3n) is 5.07. The first-order chi connectivity index (χ1) is 14.2. The van der Waals surface area contributed by atoms with Crippen LogP contribution in [0.2, 0.25) is 0 Å². The quantitative estimate of drug-likeness (QED) is 0.442. The normalized spacial score (nSPS) is 15.4. The second-order valence-electron chi connectivity index (χ2n) is 7.13. The lowest BCUT2D eigenvalue weighted by Crippen LogP contribution is -2.46. The SMILES string of the molecule is CCNC(=NCCc1cnn(-c2ccccc2)c1)N1CCC(C(=O)OCC)CC1. The fraction of sp³-hybridized carbons (Fsp3) is 0.500. The van der Waals surface area contributed by atoms with E-state index in [2.05, 4.69) is 28.4 Å². The number of guanidine groups is 1. The first-order valence-corrected chi connectivity index (χ1v) is 10.5. The Balaban J connectivity index is 1.54. The summed E-state index contributed by atoms with van der Waals surface area (Å²) in [6, 6.07) is 10.1. The van der Waals surface area contributed by atoms with Gasteiger partial charge in [-0.05, 0) is 50.8 Å². The number of nitrogens with zero attached hydrogens (tertiary/aromatic N) is 4. The Morgan fingerprint density at radius 1 is 1.24 bits per heavy atom. The summed E-state index contributed by atoms with van der Waals surface area (Å²) in [6.07, 6.45) is 6.42. The summed E-state index contributed by atoms with van der Waals surface area (Å²) in [4.78, 5) is 19.0. The maximum atomic E-state index is 11.9. The highest BCUT2D eigenvalue weighted by molar-refractivity contribution is 5.80. The number of aromatic nitrogens is 2. The molecule has 29 heavy (non-hydrogen) atoms. The summed E-state index contributed by atoms with van der Waals surface area (Å²) in [5.74, 6) is 0.868. The first-order valence-electron chi connectivity index (χ1n) is 10.5. The molecule has 1 aromatic carbocycles. The molecule has 156 valence electrons. The van der Waals surface area contributed by atoms with Gasteiger partial charge in [-0.1, -0.05) is 18.2 Å². The molecule has 3 rings (SSSR count). The Kier molecular flexibility index (Phi) is 7.67. The molecule has 0 aliphatic carbocycles. The van der Waals surface area contributed by atoms with Crippen LogP contribution in [0.4, 0.5) is 0 Å². The first kappa shape index (κ1) is 20.9. The van der Waals surface area contributed by atoms with E-state index in [0.717, 1.165) is 56.1 Å². The van der Waals surface area contributed by atoms with Crippen molar-refractivity contribution in [3.8, 4) is 5.69 Å². The van der Waals surface area contributed by atoms with Crippen molar-refractivity contribution in [2.24, 2.45) is 10.9 Å². The third kappa shape index (κ3) is 5.82. The minimum absolute atomic E-state index is 0.0119. The van der Waals surface area contributed by atoms with Crippen molar-refractivity contribution in [2.45, 2.75) is 33.1 Å². The fourth-order valence-electron chi connectivity index (χ4n) is 3.51. The zero-order valence-corrected chi connectivity index (χ0v) is 17.4. The number of ether oxygens (including phenoxy) is 1. The number of benzene rings is 1. The van der Waals surface area contributed by atoms with Crippen LogP contribution in [0.3, 0.4) is 0 Å². The third-order valence-corrected chi connectivity index (χ3v) is 5.07. The van der Waals surface area contributed by atoms with Crippen LogP contribution in [-0.4, -0.2) is 59.4 Å². The van der Waals surface area contributed by atoms with Crippen LogP contribution in [0.5, 0.6) is 0 Å². The van der Waals surface area contributed by atoms with Gasteiger partial charge in [-0.3, -0.25) is 9.79 Å². The van der Waals surface area contributed by atoms with Crippen molar-refractivity contribution < 1.29 is 9.53 Å². The maximum absolute atomic E-state index is 11.9. The highest BCUT2D eigenvalue weighted by Gasteiger charge is 2.27. The number of aliphatic imine (C=N–C) groups is 1. The van der Waals surface area contributed by atoms with Gasteiger partial charge in [-0.2, -0.15) is 5.10 Å². The van der Waals surface area contributed by atoms with Gasteiger partial charge in [-0.15, -0.1) is 0 Å². The Labute approximate surface area is 172 Å². The standard InChI is InChI=1S/C22H31N5O2/c1-3-23-22(26-14-11-19(12-15-26)21(28)29-4-2)24-13-10-18-16-25-27(17-18)20-8-6-5-7-9-20/h5-9,16-17,19H,3-4,10-15H2,1-2H3,(H,23,24). The topological polar surface area (TPSA) is 71.8 Å². The van der Waals surface area contributed by atoms with Crippen LogP contribution in [0.25, 0.3) is 5.69 Å². The van der Waals surface area contributed by atoms with Gasteiger partial charge in [0.25, 0.3) is 0 Å². The molecule has 0 atom stereocenters. The zero-order valence-electron chi connectivity index (χ0n) is 17.4. The number of likely N-dealkylation sites (tertiary alicyclic amines) is 1. The molecule has 0 spiro atoms. The van der Waals surface area contributed by atoms with Gasteiger partial charge in [-0.25, -0.2) is 4.68 Å². The Bertz CT molecular complexity index is 795. The molecule has 0 radical (unpaired) electrons. The van der Waals surface area contributed by atoms with E-state index < -0.39 is 0 Å². The number of nitrogens with one attached hydrogen (secondary N) is 1. The molecule has 1 fully saturated rings. The zero-order chi connectivity index (χ0) is 20.5. The smallest absolute Gasteiger partial charge is 0.309 e. The molecule has 1 aliphatic rings. The number of carbonyl (C=O) groups is 1. The summed E-state index contributed by atoms with van der Waals surface area (Å²) in [7, 11) is 0. The predicted octanol–water partition coefficient (Wildman–Crippen LogP) is 2.66. The fourth-order valence-corrected chi connectivity index (χ4v) is 3.51. The lowest BCUT2D eigenvalue weighted by atomic mass is 9.97.